The highest BCUT2D eigenvalue weighted by Gasteiger charge is 2.29. The summed E-state index contributed by atoms with van der Waals surface area (Å²) in [5, 5.41) is 15.6. The van der Waals surface area contributed by atoms with Gasteiger partial charge in [0.25, 0.3) is 5.91 Å². The smallest absolute Gasteiger partial charge is 0.251 e. The number of carbonyl (C=O) groups is 5. The SMILES string of the molecule is Cc1ccnn1CCC(=O)N1CCCCNC(=O)[C@@H](C)NC(=O)[C@H](CC(C)C)NC(=O)[C@@H](Cc2ccccc2)NC(=O)c2ccc(cc2)C1. The van der Waals surface area contributed by atoms with Crippen LogP contribution in [0.15, 0.2) is 66.9 Å². The summed E-state index contributed by atoms with van der Waals surface area (Å²) in [4.78, 5) is 68.7. The number of benzene rings is 2. The van der Waals surface area contributed by atoms with E-state index < -0.39 is 35.8 Å². The fraction of sp³-hybridized carbons (Fsp3) is 0.459. The van der Waals surface area contributed by atoms with Gasteiger partial charge in [0, 0.05) is 56.5 Å². The molecule has 0 unspecified atom stereocenters. The molecular weight excluding hydrogens is 622 g/mol. The molecule has 0 saturated heterocycles. The van der Waals surface area contributed by atoms with Gasteiger partial charge in [-0.3, -0.25) is 28.7 Å². The number of hydrogen-bond acceptors (Lipinski definition) is 6. The molecule has 49 heavy (non-hydrogen) atoms. The summed E-state index contributed by atoms with van der Waals surface area (Å²) in [5.74, 6) is -1.72. The molecule has 2 bridgehead atoms. The average molecular weight is 672 g/mol. The first-order valence-electron chi connectivity index (χ1n) is 17.1. The first kappa shape index (κ1) is 36.8. The summed E-state index contributed by atoms with van der Waals surface area (Å²) in [7, 11) is 0. The van der Waals surface area contributed by atoms with Gasteiger partial charge in [-0.25, -0.2) is 0 Å². The van der Waals surface area contributed by atoms with Crippen LogP contribution in [0.25, 0.3) is 0 Å². The Balaban J connectivity index is 1.58. The van der Waals surface area contributed by atoms with Crippen LogP contribution in [0.1, 0.15) is 73.6 Å². The second-order valence-corrected chi connectivity index (χ2v) is 13.1. The van der Waals surface area contributed by atoms with Crippen molar-refractivity contribution in [3.8, 4) is 0 Å². The molecule has 0 spiro atoms. The molecule has 12 nitrogen and oxygen atoms in total. The lowest BCUT2D eigenvalue weighted by Gasteiger charge is -2.25. The van der Waals surface area contributed by atoms with E-state index >= 15 is 0 Å². The van der Waals surface area contributed by atoms with Crippen LogP contribution in [0.4, 0.5) is 0 Å². The van der Waals surface area contributed by atoms with E-state index in [4.69, 9.17) is 0 Å². The lowest BCUT2D eigenvalue weighted by atomic mass is 10.0. The zero-order valence-electron chi connectivity index (χ0n) is 28.9. The molecule has 3 heterocycles. The Morgan fingerprint density at radius 1 is 0.878 bits per heavy atom. The van der Waals surface area contributed by atoms with Crippen molar-refractivity contribution in [2.45, 2.75) is 91.0 Å². The topological polar surface area (TPSA) is 155 Å². The van der Waals surface area contributed by atoms with Crippen LogP contribution < -0.4 is 21.3 Å². The molecule has 3 atom stereocenters. The van der Waals surface area contributed by atoms with Gasteiger partial charge in [-0.15, -0.1) is 0 Å². The Labute approximate surface area is 288 Å². The van der Waals surface area contributed by atoms with Crippen LogP contribution in [0.2, 0.25) is 0 Å². The molecule has 0 aliphatic carbocycles. The zero-order valence-corrected chi connectivity index (χ0v) is 28.9. The van der Waals surface area contributed by atoms with Crippen LogP contribution in [0.5, 0.6) is 0 Å². The number of amides is 5. The summed E-state index contributed by atoms with van der Waals surface area (Å²) >= 11 is 0. The highest BCUT2D eigenvalue weighted by Crippen LogP contribution is 2.13. The maximum absolute atomic E-state index is 13.7. The minimum absolute atomic E-state index is 0.0267. The Morgan fingerprint density at radius 3 is 2.27 bits per heavy atom. The van der Waals surface area contributed by atoms with Gasteiger partial charge < -0.3 is 26.2 Å². The van der Waals surface area contributed by atoms with Crippen LogP contribution in [-0.2, 0) is 38.7 Å². The van der Waals surface area contributed by atoms with E-state index in [0.717, 1.165) is 16.8 Å². The number of carbonyl (C=O) groups excluding carboxylic acids is 5. The van der Waals surface area contributed by atoms with Gasteiger partial charge in [0.2, 0.25) is 23.6 Å². The van der Waals surface area contributed by atoms with Crippen molar-refractivity contribution in [1.82, 2.24) is 35.9 Å². The van der Waals surface area contributed by atoms with Crippen LogP contribution in [0.3, 0.4) is 0 Å². The molecule has 2 aromatic carbocycles. The largest absolute Gasteiger partial charge is 0.354 e. The average Bonchev–Trinajstić information content (AvgIpc) is 3.49. The fourth-order valence-corrected chi connectivity index (χ4v) is 5.71. The zero-order chi connectivity index (χ0) is 35.3. The Bertz CT molecular complexity index is 1570. The first-order valence-corrected chi connectivity index (χ1v) is 17.1. The highest BCUT2D eigenvalue weighted by atomic mass is 16.2. The van der Waals surface area contributed by atoms with Crippen molar-refractivity contribution in [3.63, 3.8) is 0 Å². The number of aryl methyl sites for hydroxylation is 2. The predicted octanol–water partition coefficient (Wildman–Crippen LogP) is 2.90. The van der Waals surface area contributed by atoms with Gasteiger partial charge >= 0.3 is 0 Å². The third kappa shape index (κ3) is 11.3. The monoisotopic (exact) mass is 671 g/mol. The van der Waals surface area contributed by atoms with E-state index in [-0.39, 0.29) is 30.6 Å². The molecule has 12 heteroatoms. The second kappa shape index (κ2) is 18.0. The molecular formula is C37H49N7O5. The number of nitrogens with one attached hydrogen (secondary N) is 4. The maximum atomic E-state index is 13.7. The summed E-state index contributed by atoms with van der Waals surface area (Å²) < 4.78 is 1.80. The van der Waals surface area contributed by atoms with Crippen molar-refractivity contribution in [3.05, 3.63) is 89.2 Å². The van der Waals surface area contributed by atoms with E-state index in [2.05, 4.69) is 26.4 Å². The van der Waals surface area contributed by atoms with E-state index in [0.29, 0.717) is 51.0 Å². The van der Waals surface area contributed by atoms with Gasteiger partial charge in [-0.1, -0.05) is 56.3 Å². The van der Waals surface area contributed by atoms with Crippen molar-refractivity contribution in [2.75, 3.05) is 13.1 Å². The number of hydrogen-bond donors (Lipinski definition) is 4. The quantitative estimate of drug-likeness (QED) is 0.284. The molecule has 2 aliphatic heterocycles. The van der Waals surface area contributed by atoms with Gasteiger partial charge in [0.1, 0.15) is 18.1 Å². The molecule has 4 N–H and O–H groups in total. The van der Waals surface area contributed by atoms with Crippen LogP contribution >= 0.6 is 0 Å². The molecule has 0 radical (unpaired) electrons. The lowest BCUT2D eigenvalue weighted by molar-refractivity contribution is -0.132. The number of nitrogens with zero attached hydrogens (tertiary/aromatic N) is 3. The standard InChI is InChI=1S/C37H49N7O5/c1-25(2)22-31-36(48)40-27(4)34(46)38-18-8-9-20-43(33(45)17-21-44-26(3)16-19-39-44)24-29-12-14-30(15-13-29)35(47)41-32(37(49)42-31)23-28-10-6-5-7-11-28/h5-7,10-16,19,25,27,31-32H,8-9,17-18,20-24H2,1-4H3,(H,38,46)(H,40,48)(H,41,47)(H,42,49)/t27-,31+,32-/m1/s1. The van der Waals surface area contributed by atoms with Crippen molar-refractivity contribution in [2.24, 2.45) is 5.92 Å². The van der Waals surface area contributed by atoms with Gasteiger partial charge in [-0.2, -0.15) is 5.10 Å². The van der Waals surface area contributed by atoms with E-state index in [1.807, 2.05) is 69.3 Å². The summed E-state index contributed by atoms with van der Waals surface area (Å²) in [5.41, 5.74) is 3.03. The lowest BCUT2D eigenvalue weighted by Crippen LogP contribution is -2.57. The summed E-state index contributed by atoms with van der Waals surface area (Å²) in [6.07, 6.45) is 3.82. The second-order valence-electron chi connectivity index (χ2n) is 13.1. The minimum Gasteiger partial charge on any atom is -0.354 e. The molecule has 1 aromatic heterocycles. The number of fused-ring (bicyclic) bond motifs is 18. The number of aromatic nitrogens is 2. The van der Waals surface area contributed by atoms with Gasteiger partial charge in [-0.05, 0) is 68.4 Å². The molecule has 0 fully saturated rings. The Morgan fingerprint density at radius 2 is 1.59 bits per heavy atom. The van der Waals surface area contributed by atoms with Crippen LogP contribution in [0, 0.1) is 12.8 Å². The first-order chi connectivity index (χ1) is 23.5. The van der Waals surface area contributed by atoms with Gasteiger partial charge in [0.05, 0.1) is 0 Å². The molecule has 262 valence electrons. The molecule has 3 aromatic rings. The van der Waals surface area contributed by atoms with Crippen molar-refractivity contribution >= 4 is 29.5 Å². The fourth-order valence-electron chi connectivity index (χ4n) is 5.71. The Hall–Kier alpha value is -5.00. The predicted molar refractivity (Wildman–Crippen MR) is 186 cm³/mol. The summed E-state index contributed by atoms with van der Waals surface area (Å²) in [6, 6.07) is 15.5. The third-order valence-electron chi connectivity index (χ3n) is 8.56. The molecule has 0 saturated carbocycles. The van der Waals surface area contributed by atoms with Crippen molar-refractivity contribution < 1.29 is 24.0 Å². The number of rotatable bonds is 7. The third-order valence-corrected chi connectivity index (χ3v) is 8.56. The van der Waals surface area contributed by atoms with E-state index in [1.165, 1.54) is 0 Å². The normalized spacial score (nSPS) is 20.2. The molecule has 2 aliphatic rings. The highest BCUT2D eigenvalue weighted by molar-refractivity contribution is 5.99. The van der Waals surface area contributed by atoms with E-state index in [1.54, 1.807) is 34.8 Å². The van der Waals surface area contributed by atoms with E-state index in [9.17, 15) is 24.0 Å². The molecule has 5 rings (SSSR count). The Kier molecular flexibility index (Phi) is 13.5. The van der Waals surface area contributed by atoms with Crippen LogP contribution in [-0.4, -0.2) is 75.4 Å². The van der Waals surface area contributed by atoms with Crippen molar-refractivity contribution in [1.29, 1.82) is 0 Å². The maximum Gasteiger partial charge on any atom is 0.251 e. The van der Waals surface area contributed by atoms with Gasteiger partial charge in [0.15, 0.2) is 0 Å². The minimum atomic E-state index is -0.974. The summed E-state index contributed by atoms with van der Waals surface area (Å²) in [6.45, 7) is 9.09. The molecule has 5 amide bonds.